The number of rotatable bonds is 3. The lowest BCUT2D eigenvalue weighted by molar-refractivity contribution is 0.111. The van der Waals surface area contributed by atoms with Crippen LogP contribution in [-0.4, -0.2) is 25.8 Å². The van der Waals surface area contributed by atoms with Gasteiger partial charge in [0.1, 0.15) is 17.3 Å². The van der Waals surface area contributed by atoms with E-state index < -0.39 is 12.2 Å². The third kappa shape index (κ3) is 2.28. The number of primary amides is 1. The summed E-state index contributed by atoms with van der Waals surface area (Å²) in [7, 11) is 0. The van der Waals surface area contributed by atoms with E-state index in [0.29, 0.717) is 15.8 Å². The second kappa shape index (κ2) is 4.80. The van der Waals surface area contributed by atoms with E-state index in [-0.39, 0.29) is 0 Å². The average molecular weight is 264 g/mol. The minimum Gasteiger partial charge on any atom is -0.438 e. The molecule has 1 amide bonds. The molecule has 1 atom stereocenters. The Morgan fingerprint density at radius 1 is 1.67 bits per heavy atom. The topological polar surface area (TPSA) is 120 Å². The van der Waals surface area contributed by atoms with Crippen LogP contribution in [0.4, 0.5) is 4.79 Å². The van der Waals surface area contributed by atoms with Crippen LogP contribution in [-0.2, 0) is 4.74 Å². The van der Waals surface area contributed by atoms with Crippen molar-refractivity contribution < 1.29 is 9.53 Å². The first-order chi connectivity index (χ1) is 8.61. The molecule has 2 aromatic rings. The van der Waals surface area contributed by atoms with Crippen LogP contribution in [0, 0.1) is 11.3 Å². The van der Waals surface area contributed by atoms with E-state index in [2.05, 4.69) is 15.1 Å². The van der Waals surface area contributed by atoms with Gasteiger partial charge < -0.3 is 10.5 Å². The molecular weight excluding hydrogens is 256 g/mol. The molecule has 0 saturated carbocycles. The van der Waals surface area contributed by atoms with Crippen LogP contribution >= 0.6 is 11.3 Å². The number of ether oxygens (including phenoxy) is 1. The van der Waals surface area contributed by atoms with Crippen molar-refractivity contribution in [3.63, 3.8) is 0 Å². The molecule has 2 N–H and O–H groups in total. The molecule has 0 aliphatic heterocycles. The van der Waals surface area contributed by atoms with Crippen LogP contribution in [0.5, 0.6) is 0 Å². The molecular formula is C9H8N6O2S. The summed E-state index contributed by atoms with van der Waals surface area (Å²) in [6.45, 7) is 1.62. The third-order valence-electron chi connectivity index (χ3n) is 2.02. The molecule has 0 saturated heterocycles. The summed E-state index contributed by atoms with van der Waals surface area (Å²) in [6.07, 6.45) is 1.20. The van der Waals surface area contributed by atoms with E-state index in [0.717, 1.165) is 11.3 Å². The number of nitrogens with zero attached hydrogens (tertiary/aromatic N) is 5. The number of nitrogens with two attached hydrogens (primary N) is 1. The Morgan fingerprint density at radius 2 is 2.44 bits per heavy atom. The largest absolute Gasteiger partial charge is 0.438 e. The number of aromatic nitrogens is 4. The molecule has 0 aliphatic carbocycles. The molecule has 1 unspecified atom stereocenters. The number of carbonyl (C=O) groups excluding carboxylic acids is 1. The van der Waals surface area contributed by atoms with Crippen LogP contribution < -0.4 is 5.73 Å². The highest BCUT2D eigenvalue weighted by atomic mass is 32.1. The number of amides is 1. The van der Waals surface area contributed by atoms with E-state index in [1.54, 1.807) is 6.92 Å². The number of nitriles is 1. The van der Waals surface area contributed by atoms with E-state index in [9.17, 15) is 4.79 Å². The van der Waals surface area contributed by atoms with Gasteiger partial charge in [-0.3, -0.25) is 0 Å². The van der Waals surface area contributed by atoms with Gasteiger partial charge in [-0.05, 0) is 6.92 Å². The van der Waals surface area contributed by atoms with Crippen molar-refractivity contribution in [2.75, 3.05) is 0 Å². The quantitative estimate of drug-likeness (QED) is 0.873. The first-order valence-electron chi connectivity index (χ1n) is 4.84. The van der Waals surface area contributed by atoms with Crippen LogP contribution in [0.3, 0.4) is 0 Å². The highest BCUT2D eigenvalue weighted by molar-refractivity contribution is 7.14. The smallest absolute Gasteiger partial charge is 0.405 e. The molecule has 9 heteroatoms. The van der Waals surface area contributed by atoms with Gasteiger partial charge in [0.15, 0.2) is 11.9 Å². The van der Waals surface area contributed by atoms with Gasteiger partial charge in [-0.1, -0.05) is 11.3 Å². The van der Waals surface area contributed by atoms with Gasteiger partial charge in [0.2, 0.25) is 5.13 Å². The van der Waals surface area contributed by atoms with Crippen molar-refractivity contribution in [2.24, 2.45) is 5.73 Å². The van der Waals surface area contributed by atoms with Crippen molar-refractivity contribution in [2.45, 2.75) is 13.0 Å². The predicted molar refractivity (Wildman–Crippen MR) is 60.8 cm³/mol. The number of hydrogen-bond acceptors (Lipinski definition) is 7. The number of carbonyl (C=O) groups is 1. The Labute approximate surface area is 106 Å². The summed E-state index contributed by atoms with van der Waals surface area (Å²) in [5.41, 5.74) is 4.94. The van der Waals surface area contributed by atoms with E-state index in [4.69, 9.17) is 15.7 Å². The Balaban J connectivity index is 2.33. The Bertz CT molecular complexity index is 613. The minimum absolute atomic E-state index is 0.382. The number of hydrogen-bond donors (Lipinski definition) is 1. The molecule has 0 aliphatic rings. The molecule has 2 heterocycles. The normalized spacial score (nSPS) is 11.8. The Hall–Kier alpha value is -2.47. The second-order valence-electron chi connectivity index (χ2n) is 3.23. The molecule has 0 aromatic carbocycles. The lowest BCUT2D eigenvalue weighted by Gasteiger charge is -2.10. The molecule has 92 valence electrons. The maximum atomic E-state index is 10.7. The van der Waals surface area contributed by atoms with Crippen LogP contribution in [0.15, 0.2) is 12.5 Å². The molecule has 2 rings (SSSR count). The monoisotopic (exact) mass is 264 g/mol. The Kier molecular flexibility index (Phi) is 3.20. The van der Waals surface area contributed by atoms with Crippen molar-refractivity contribution in [1.82, 2.24) is 19.7 Å². The lowest BCUT2D eigenvalue weighted by atomic mass is 10.4. The fraction of sp³-hybridized carbons (Fsp3) is 0.222. The molecule has 2 aromatic heterocycles. The summed E-state index contributed by atoms with van der Waals surface area (Å²) >= 11 is 1.16. The zero-order chi connectivity index (χ0) is 13.1. The fourth-order valence-electron chi connectivity index (χ4n) is 1.32. The molecule has 0 radical (unpaired) electrons. The van der Waals surface area contributed by atoms with Crippen molar-refractivity contribution >= 4 is 17.4 Å². The van der Waals surface area contributed by atoms with Crippen molar-refractivity contribution in [3.05, 3.63) is 23.2 Å². The highest BCUT2D eigenvalue weighted by Crippen LogP contribution is 2.21. The minimum atomic E-state index is -0.895. The van der Waals surface area contributed by atoms with Gasteiger partial charge in [-0.2, -0.15) is 15.0 Å². The molecule has 0 fully saturated rings. The number of thiazole rings is 1. The van der Waals surface area contributed by atoms with Crippen molar-refractivity contribution in [3.8, 4) is 11.2 Å². The van der Waals surface area contributed by atoms with Crippen LogP contribution in [0.25, 0.3) is 5.13 Å². The predicted octanol–water partition coefficient (Wildman–Crippen LogP) is 0.752. The summed E-state index contributed by atoms with van der Waals surface area (Å²) in [6, 6.07) is 1.98. The first kappa shape index (κ1) is 12.0. The zero-order valence-electron chi connectivity index (χ0n) is 9.27. The van der Waals surface area contributed by atoms with E-state index >= 15 is 0 Å². The molecule has 18 heavy (non-hydrogen) atoms. The Morgan fingerprint density at radius 3 is 3.06 bits per heavy atom. The first-order valence-corrected chi connectivity index (χ1v) is 5.65. The van der Waals surface area contributed by atoms with Gasteiger partial charge in [0, 0.05) is 0 Å². The third-order valence-corrected chi connectivity index (χ3v) is 2.89. The van der Waals surface area contributed by atoms with Gasteiger partial charge >= 0.3 is 6.09 Å². The fourth-order valence-corrected chi connectivity index (χ4v) is 2.00. The van der Waals surface area contributed by atoms with Gasteiger partial charge in [-0.15, -0.1) is 0 Å². The van der Waals surface area contributed by atoms with Crippen LogP contribution in [0.2, 0.25) is 0 Å². The van der Waals surface area contributed by atoms with Gasteiger partial charge in [-0.25, -0.2) is 14.8 Å². The van der Waals surface area contributed by atoms with Gasteiger partial charge in [0.25, 0.3) is 0 Å². The average Bonchev–Trinajstić information content (AvgIpc) is 2.96. The molecule has 8 nitrogen and oxygen atoms in total. The summed E-state index contributed by atoms with van der Waals surface area (Å²) < 4.78 is 6.22. The van der Waals surface area contributed by atoms with Crippen molar-refractivity contribution in [1.29, 1.82) is 5.26 Å². The van der Waals surface area contributed by atoms with E-state index in [1.807, 2.05) is 6.07 Å². The molecule has 0 spiro atoms. The van der Waals surface area contributed by atoms with Gasteiger partial charge in [0.05, 0.1) is 6.20 Å². The summed E-state index contributed by atoms with van der Waals surface area (Å²) in [5, 5.41) is 13.2. The second-order valence-corrected chi connectivity index (χ2v) is 4.24. The molecule has 0 bridgehead atoms. The SMILES string of the molecule is CC(OC(N)=O)c1ncnn1-c1ncc(C#N)s1. The zero-order valence-corrected chi connectivity index (χ0v) is 10.1. The lowest BCUT2D eigenvalue weighted by Crippen LogP contribution is -2.18. The maximum Gasteiger partial charge on any atom is 0.405 e. The standard InChI is InChI=1S/C9H8N6O2S/c1-5(17-8(11)16)7-13-4-14-15(7)9-12-3-6(2-10)18-9/h3-5H,1H3,(H2,11,16). The highest BCUT2D eigenvalue weighted by Gasteiger charge is 2.19. The maximum absolute atomic E-state index is 10.7. The summed E-state index contributed by atoms with van der Waals surface area (Å²) in [4.78, 5) is 19.2. The summed E-state index contributed by atoms with van der Waals surface area (Å²) in [5.74, 6) is 0.382. The van der Waals surface area contributed by atoms with E-state index in [1.165, 1.54) is 17.2 Å². The van der Waals surface area contributed by atoms with Crippen LogP contribution in [0.1, 0.15) is 23.7 Å².